The maximum absolute atomic E-state index is 5.70. The van der Waals surface area contributed by atoms with Crippen LogP contribution in [0.25, 0.3) is 0 Å². The molecule has 1 aromatic carbocycles. The maximum atomic E-state index is 5.70. The van der Waals surface area contributed by atoms with Gasteiger partial charge in [0.1, 0.15) is 0 Å². The molecule has 0 aliphatic rings. The van der Waals surface area contributed by atoms with Crippen molar-refractivity contribution in [3.05, 3.63) is 35.9 Å². The zero-order chi connectivity index (χ0) is 16.6. The van der Waals surface area contributed by atoms with Crippen molar-refractivity contribution in [1.29, 1.82) is 0 Å². The van der Waals surface area contributed by atoms with Gasteiger partial charge in [0.2, 0.25) is 0 Å². The number of benzene rings is 1. The number of hydrogen-bond acceptors (Lipinski definition) is 3. The van der Waals surface area contributed by atoms with Crippen molar-refractivity contribution in [3.8, 4) is 0 Å². The lowest BCUT2D eigenvalue weighted by Gasteiger charge is -2.16. The van der Waals surface area contributed by atoms with Crippen LogP contribution in [0.3, 0.4) is 0 Å². The quantitative estimate of drug-likeness (QED) is 0.322. The fraction of sp³-hybridized carbons (Fsp3) is 0.700. The largest absolute Gasteiger partial charge is 0.377 e. The third-order valence-corrected chi connectivity index (χ3v) is 3.80. The first-order valence-electron chi connectivity index (χ1n) is 9.21. The van der Waals surface area contributed by atoms with Crippen LogP contribution >= 0.6 is 0 Å². The fourth-order valence-electron chi connectivity index (χ4n) is 2.57. The molecule has 3 nitrogen and oxygen atoms in total. The van der Waals surface area contributed by atoms with E-state index in [1.165, 1.54) is 37.7 Å². The molecule has 0 fully saturated rings. The zero-order valence-electron chi connectivity index (χ0n) is 15.0. The van der Waals surface area contributed by atoms with Crippen LogP contribution in [-0.2, 0) is 20.8 Å². The van der Waals surface area contributed by atoms with Gasteiger partial charge < -0.3 is 14.2 Å². The summed E-state index contributed by atoms with van der Waals surface area (Å²) in [7, 11) is 0. The van der Waals surface area contributed by atoms with Crippen molar-refractivity contribution in [2.75, 3.05) is 19.8 Å². The van der Waals surface area contributed by atoms with Crippen LogP contribution in [0, 0.1) is 0 Å². The maximum Gasteiger partial charge on any atom is 0.157 e. The molecule has 0 atom stereocenters. The van der Waals surface area contributed by atoms with E-state index < -0.39 is 0 Å². The van der Waals surface area contributed by atoms with E-state index in [1.807, 2.05) is 19.9 Å². The highest BCUT2D eigenvalue weighted by Crippen LogP contribution is 2.11. The summed E-state index contributed by atoms with van der Waals surface area (Å²) in [5.41, 5.74) is 1.26. The van der Waals surface area contributed by atoms with Crippen molar-refractivity contribution < 1.29 is 14.2 Å². The topological polar surface area (TPSA) is 27.7 Å². The van der Waals surface area contributed by atoms with Crippen LogP contribution in [0.15, 0.2) is 30.3 Å². The van der Waals surface area contributed by atoms with Gasteiger partial charge in [-0.25, -0.2) is 0 Å². The number of rotatable bonds is 15. The smallest absolute Gasteiger partial charge is 0.157 e. The summed E-state index contributed by atoms with van der Waals surface area (Å²) in [5.74, 6) is 0. The van der Waals surface area contributed by atoms with E-state index in [-0.39, 0.29) is 6.29 Å². The molecule has 0 unspecified atom stereocenters. The van der Waals surface area contributed by atoms with Gasteiger partial charge in [-0.3, -0.25) is 0 Å². The van der Waals surface area contributed by atoms with E-state index in [0.29, 0.717) is 0 Å². The molecule has 3 heteroatoms. The van der Waals surface area contributed by atoms with Crippen molar-refractivity contribution in [2.24, 2.45) is 0 Å². The Bertz CT molecular complexity index is 347. The second-order valence-electron chi connectivity index (χ2n) is 5.79. The minimum absolute atomic E-state index is 0.00335. The summed E-state index contributed by atoms with van der Waals surface area (Å²) in [4.78, 5) is 0. The summed E-state index contributed by atoms with van der Waals surface area (Å²) >= 11 is 0. The molecular formula is C20H34O3. The van der Waals surface area contributed by atoms with Gasteiger partial charge in [0, 0.05) is 19.8 Å². The highest BCUT2D eigenvalue weighted by molar-refractivity contribution is 5.13. The molecule has 0 amide bonds. The van der Waals surface area contributed by atoms with E-state index in [4.69, 9.17) is 14.2 Å². The molecular weight excluding hydrogens is 288 g/mol. The Morgan fingerprint density at radius 2 is 1.39 bits per heavy atom. The Morgan fingerprint density at radius 3 is 2.04 bits per heavy atom. The Labute approximate surface area is 142 Å². The van der Waals surface area contributed by atoms with Crippen LogP contribution in [0.1, 0.15) is 64.4 Å². The Hall–Kier alpha value is -0.900. The zero-order valence-corrected chi connectivity index (χ0v) is 15.0. The molecule has 1 rings (SSSR count). The van der Waals surface area contributed by atoms with Crippen molar-refractivity contribution in [2.45, 2.75) is 71.7 Å². The summed E-state index contributed by atoms with van der Waals surface area (Å²) in [5, 5.41) is 0. The van der Waals surface area contributed by atoms with Crippen LogP contribution in [0.2, 0.25) is 0 Å². The molecule has 0 saturated carbocycles. The summed E-state index contributed by atoms with van der Waals surface area (Å²) in [6, 6.07) is 10.4. The fourth-order valence-corrected chi connectivity index (χ4v) is 2.57. The first-order chi connectivity index (χ1) is 11.4. The SMILES string of the molecule is CCOC(CCCCCCCCOCc1ccccc1)OCC. The molecule has 132 valence electrons. The predicted molar refractivity (Wildman–Crippen MR) is 95.5 cm³/mol. The average molecular weight is 322 g/mol. The van der Waals surface area contributed by atoms with Gasteiger partial charge in [-0.05, 0) is 38.7 Å². The molecule has 23 heavy (non-hydrogen) atoms. The molecule has 0 heterocycles. The lowest BCUT2D eigenvalue weighted by atomic mass is 10.1. The van der Waals surface area contributed by atoms with Crippen LogP contribution in [0.5, 0.6) is 0 Å². The first kappa shape index (κ1) is 20.1. The Balaban J connectivity index is 1.86. The lowest BCUT2D eigenvalue weighted by molar-refractivity contribution is -0.140. The van der Waals surface area contributed by atoms with Gasteiger partial charge in [-0.1, -0.05) is 56.0 Å². The molecule has 0 radical (unpaired) electrons. The number of hydrogen-bond donors (Lipinski definition) is 0. The van der Waals surface area contributed by atoms with Crippen molar-refractivity contribution >= 4 is 0 Å². The van der Waals surface area contributed by atoms with E-state index in [9.17, 15) is 0 Å². The second kappa shape index (κ2) is 14.7. The summed E-state index contributed by atoms with van der Waals surface area (Å²) in [6.07, 6.45) is 8.48. The predicted octanol–water partition coefficient (Wildman–Crippen LogP) is 5.33. The van der Waals surface area contributed by atoms with Crippen LogP contribution < -0.4 is 0 Å². The minimum atomic E-state index is -0.00335. The lowest BCUT2D eigenvalue weighted by Crippen LogP contribution is -2.17. The monoisotopic (exact) mass is 322 g/mol. The number of ether oxygens (including phenoxy) is 3. The molecule has 0 saturated heterocycles. The molecule has 1 aromatic rings. The highest BCUT2D eigenvalue weighted by atomic mass is 16.7. The van der Waals surface area contributed by atoms with Gasteiger partial charge >= 0.3 is 0 Å². The molecule has 0 bridgehead atoms. The van der Waals surface area contributed by atoms with Gasteiger partial charge in [0.05, 0.1) is 6.61 Å². The Kier molecular flexibility index (Phi) is 12.9. The van der Waals surface area contributed by atoms with E-state index in [1.54, 1.807) is 0 Å². The van der Waals surface area contributed by atoms with Crippen molar-refractivity contribution in [1.82, 2.24) is 0 Å². The summed E-state index contributed by atoms with van der Waals surface area (Å²) < 4.78 is 16.8. The van der Waals surface area contributed by atoms with Gasteiger partial charge in [0.25, 0.3) is 0 Å². The van der Waals surface area contributed by atoms with E-state index in [2.05, 4.69) is 24.3 Å². The molecule has 0 spiro atoms. The van der Waals surface area contributed by atoms with E-state index in [0.717, 1.165) is 39.3 Å². The number of unbranched alkanes of at least 4 members (excludes halogenated alkanes) is 5. The van der Waals surface area contributed by atoms with Gasteiger partial charge in [-0.2, -0.15) is 0 Å². The molecule has 0 aromatic heterocycles. The molecule has 0 aliphatic heterocycles. The molecule has 0 N–H and O–H groups in total. The second-order valence-corrected chi connectivity index (χ2v) is 5.79. The third-order valence-electron chi connectivity index (χ3n) is 3.80. The standard InChI is InChI=1S/C20H34O3/c1-3-22-20(23-4-2)16-12-7-5-6-8-13-17-21-18-19-14-10-9-11-15-19/h9-11,14-15,20H,3-8,12-13,16-18H2,1-2H3. The highest BCUT2D eigenvalue weighted by Gasteiger charge is 2.06. The van der Waals surface area contributed by atoms with Crippen LogP contribution in [0.4, 0.5) is 0 Å². The summed E-state index contributed by atoms with van der Waals surface area (Å²) in [6.45, 7) is 7.10. The Morgan fingerprint density at radius 1 is 0.783 bits per heavy atom. The average Bonchev–Trinajstić information content (AvgIpc) is 2.58. The minimum Gasteiger partial charge on any atom is -0.377 e. The normalized spacial score (nSPS) is 11.3. The van der Waals surface area contributed by atoms with Gasteiger partial charge in [0.15, 0.2) is 6.29 Å². The van der Waals surface area contributed by atoms with Crippen LogP contribution in [-0.4, -0.2) is 26.1 Å². The van der Waals surface area contributed by atoms with E-state index >= 15 is 0 Å². The first-order valence-corrected chi connectivity index (χ1v) is 9.21. The van der Waals surface area contributed by atoms with Crippen molar-refractivity contribution in [3.63, 3.8) is 0 Å². The third kappa shape index (κ3) is 11.3. The van der Waals surface area contributed by atoms with Gasteiger partial charge in [-0.15, -0.1) is 0 Å². The molecule has 0 aliphatic carbocycles.